The van der Waals surface area contributed by atoms with E-state index in [4.69, 9.17) is 15.2 Å². The van der Waals surface area contributed by atoms with Crippen molar-refractivity contribution in [1.82, 2.24) is 19.5 Å². The van der Waals surface area contributed by atoms with Gasteiger partial charge >= 0.3 is 5.97 Å². The topological polar surface area (TPSA) is 125 Å². The summed E-state index contributed by atoms with van der Waals surface area (Å²) in [5.74, 6) is 0.216. The van der Waals surface area contributed by atoms with E-state index in [1.54, 1.807) is 15.6 Å². The fraction of sp³-hybridized carbons (Fsp3) is 0.429. The summed E-state index contributed by atoms with van der Waals surface area (Å²) >= 11 is 3.17. The Hall–Kier alpha value is -2.04. The van der Waals surface area contributed by atoms with Gasteiger partial charge in [0.1, 0.15) is 11.6 Å². The van der Waals surface area contributed by atoms with Crippen molar-refractivity contribution in [3.8, 4) is 0 Å². The Morgan fingerprint density at radius 2 is 2.42 bits per heavy atom. The smallest absolute Gasteiger partial charge is 0.303 e. The van der Waals surface area contributed by atoms with Crippen molar-refractivity contribution in [3.63, 3.8) is 0 Å². The Labute approximate surface area is 145 Å². The highest BCUT2D eigenvalue weighted by molar-refractivity contribution is 9.11. The maximum absolute atomic E-state index is 11.3. The quantitative estimate of drug-likeness (QED) is 0.731. The lowest BCUT2D eigenvalue weighted by Crippen LogP contribution is -2.24. The summed E-state index contributed by atoms with van der Waals surface area (Å²) in [6.45, 7) is 1.16. The van der Waals surface area contributed by atoms with Crippen molar-refractivity contribution in [1.29, 1.82) is 0 Å². The average molecular weight is 398 g/mol. The van der Waals surface area contributed by atoms with E-state index in [-0.39, 0.29) is 12.4 Å². The number of carbonyl (C=O) groups is 1. The van der Waals surface area contributed by atoms with Gasteiger partial charge in [0.15, 0.2) is 23.5 Å². The van der Waals surface area contributed by atoms with E-state index in [1.807, 2.05) is 0 Å². The van der Waals surface area contributed by atoms with Gasteiger partial charge in [-0.1, -0.05) is 15.9 Å². The number of nitrogens with zero attached hydrogens (tertiary/aromatic N) is 4. The Balaban J connectivity index is 2.05. The van der Waals surface area contributed by atoms with Crippen LogP contribution in [0.3, 0.4) is 0 Å². The third-order valence-corrected chi connectivity index (χ3v) is 3.88. The maximum Gasteiger partial charge on any atom is 0.303 e. The second-order valence-corrected chi connectivity index (χ2v) is 5.83. The van der Waals surface area contributed by atoms with Gasteiger partial charge in [0.25, 0.3) is 0 Å². The molecule has 10 heteroatoms. The predicted molar refractivity (Wildman–Crippen MR) is 88.9 cm³/mol. The minimum atomic E-state index is -0.647. The number of aliphatic hydroxyl groups is 1. The van der Waals surface area contributed by atoms with E-state index >= 15 is 0 Å². The number of aromatic nitrogens is 4. The number of halogens is 1. The van der Waals surface area contributed by atoms with Gasteiger partial charge in [-0.15, -0.1) is 0 Å². The van der Waals surface area contributed by atoms with Crippen LogP contribution in [0.1, 0.15) is 25.4 Å². The summed E-state index contributed by atoms with van der Waals surface area (Å²) in [5, 5.41) is 9.35. The van der Waals surface area contributed by atoms with Crippen LogP contribution in [0.5, 0.6) is 0 Å². The molecule has 0 saturated carbocycles. The molecule has 2 aromatic rings. The zero-order valence-corrected chi connectivity index (χ0v) is 14.4. The number of aliphatic hydroxyl groups excluding tert-OH is 1. The molecule has 1 fully saturated rings. The molecule has 1 saturated heterocycles. The van der Waals surface area contributed by atoms with Gasteiger partial charge in [-0.3, -0.25) is 9.36 Å². The van der Waals surface area contributed by atoms with E-state index in [0.29, 0.717) is 23.4 Å². The van der Waals surface area contributed by atoms with Crippen LogP contribution in [0.4, 0.5) is 5.82 Å². The molecule has 3 heterocycles. The lowest BCUT2D eigenvalue weighted by Gasteiger charge is -2.20. The van der Waals surface area contributed by atoms with Gasteiger partial charge in [-0.25, -0.2) is 15.0 Å². The molecule has 0 aromatic carbocycles. The first-order valence-corrected chi connectivity index (χ1v) is 8.15. The van der Waals surface area contributed by atoms with Crippen LogP contribution in [0.15, 0.2) is 11.3 Å². The van der Waals surface area contributed by atoms with E-state index in [1.165, 1.54) is 13.3 Å². The molecule has 1 unspecified atom stereocenters. The zero-order valence-electron chi connectivity index (χ0n) is 12.8. The largest absolute Gasteiger partial charge is 0.458 e. The molecule has 3 rings (SSSR count). The fourth-order valence-electron chi connectivity index (χ4n) is 2.67. The van der Waals surface area contributed by atoms with E-state index in [2.05, 4.69) is 30.9 Å². The molecule has 128 valence electrons. The molecule has 1 aliphatic rings. The second-order valence-electron chi connectivity index (χ2n) is 5.30. The number of imidazole rings is 1. The van der Waals surface area contributed by atoms with Gasteiger partial charge in [-0.2, -0.15) is 0 Å². The third kappa shape index (κ3) is 3.12. The summed E-state index contributed by atoms with van der Waals surface area (Å²) in [6, 6.07) is 0. The van der Waals surface area contributed by atoms with Crippen LogP contribution in [0.2, 0.25) is 0 Å². The SMILES string of the molecule is CC(=O)OC1C[C@@H](CO)O[C@H]1n1cnc2c(N)nc(/C=C/Br)nc21. The molecule has 24 heavy (non-hydrogen) atoms. The minimum absolute atomic E-state index is 0.171. The highest BCUT2D eigenvalue weighted by Crippen LogP contribution is 2.33. The number of anilines is 1. The van der Waals surface area contributed by atoms with Crippen LogP contribution >= 0.6 is 15.9 Å². The number of carbonyl (C=O) groups excluding carboxylic acids is 1. The highest BCUT2D eigenvalue weighted by atomic mass is 79.9. The van der Waals surface area contributed by atoms with Gasteiger partial charge in [0, 0.05) is 13.3 Å². The standard InChI is InChI=1S/C14H16BrN5O4/c1-7(22)23-9-4-8(5-21)24-14(9)20-6-17-11-12(16)18-10(2-3-15)19-13(11)20/h2-3,6,8-9,14,21H,4-5H2,1H3,(H2,16,18,19)/b3-2+/t8-,9?,14+/m0/s1. The van der Waals surface area contributed by atoms with Crippen molar-refractivity contribution in [3.05, 3.63) is 17.1 Å². The average Bonchev–Trinajstić information content (AvgIpc) is 3.11. The van der Waals surface area contributed by atoms with Gasteiger partial charge < -0.3 is 20.3 Å². The van der Waals surface area contributed by atoms with Crippen LogP contribution in [0.25, 0.3) is 17.2 Å². The number of nitrogen functional groups attached to an aromatic ring is 1. The van der Waals surface area contributed by atoms with Crippen LogP contribution in [-0.4, -0.2) is 49.4 Å². The van der Waals surface area contributed by atoms with E-state index < -0.39 is 24.4 Å². The number of esters is 1. The summed E-state index contributed by atoms with van der Waals surface area (Å²) in [5.41, 5.74) is 6.82. The second kappa shape index (κ2) is 6.83. The Kier molecular flexibility index (Phi) is 4.78. The van der Waals surface area contributed by atoms with Crippen LogP contribution < -0.4 is 5.73 Å². The number of rotatable bonds is 4. The molecular weight excluding hydrogens is 382 g/mol. The van der Waals surface area contributed by atoms with Gasteiger partial charge in [0.2, 0.25) is 0 Å². The summed E-state index contributed by atoms with van der Waals surface area (Å²) in [6.07, 6.45) is 1.91. The summed E-state index contributed by atoms with van der Waals surface area (Å²) < 4.78 is 12.7. The molecular formula is C14H16BrN5O4. The number of nitrogens with two attached hydrogens (primary N) is 1. The molecule has 1 aliphatic heterocycles. The lowest BCUT2D eigenvalue weighted by atomic mass is 10.2. The first kappa shape index (κ1) is 16.8. The first-order valence-electron chi connectivity index (χ1n) is 7.23. The molecule has 3 N–H and O–H groups in total. The monoisotopic (exact) mass is 397 g/mol. The van der Waals surface area contributed by atoms with Crippen molar-refractivity contribution < 1.29 is 19.4 Å². The molecule has 0 spiro atoms. The molecule has 0 amide bonds. The molecule has 9 nitrogen and oxygen atoms in total. The number of fused-ring (bicyclic) bond motifs is 1. The summed E-state index contributed by atoms with van der Waals surface area (Å²) in [4.78, 5) is 25.7. The minimum Gasteiger partial charge on any atom is -0.458 e. The Morgan fingerprint density at radius 1 is 1.62 bits per heavy atom. The molecule has 3 atom stereocenters. The van der Waals surface area contributed by atoms with Crippen LogP contribution in [-0.2, 0) is 14.3 Å². The van der Waals surface area contributed by atoms with Crippen molar-refractivity contribution in [2.45, 2.75) is 31.8 Å². The Bertz CT molecular complexity index is 793. The lowest BCUT2D eigenvalue weighted by molar-refractivity contribution is -0.152. The third-order valence-electron chi connectivity index (χ3n) is 3.62. The van der Waals surface area contributed by atoms with E-state index in [9.17, 15) is 9.90 Å². The van der Waals surface area contributed by atoms with Crippen molar-refractivity contribution >= 4 is 45.0 Å². The Morgan fingerprint density at radius 3 is 3.08 bits per heavy atom. The van der Waals surface area contributed by atoms with Gasteiger partial charge in [0.05, 0.1) is 19.0 Å². The van der Waals surface area contributed by atoms with E-state index in [0.717, 1.165) is 0 Å². The molecule has 0 radical (unpaired) electrons. The van der Waals surface area contributed by atoms with Crippen LogP contribution in [0, 0.1) is 0 Å². The fourth-order valence-corrected chi connectivity index (χ4v) is 2.91. The van der Waals surface area contributed by atoms with Crippen molar-refractivity contribution in [2.75, 3.05) is 12.3 Å². The number of hydrogen-bond acceptors (Lipinski definition) is 8. The highest BCUT2D eigenvalue weighted by Gasteiger charge is 2.39. The zero-order chi connectivity index (χ0) is 17.3. The predicted octanol–water partition coefficient (Wildman–Crippen LogP) is 0.986. The summed E-state index contributed by atoms with van der Waals surface area (Å²) in [7, 11) is 0. The number of ether oxygens (including phenoxy) is 2. The van der Waals surface area contributed by atoms with Crippen molar-refractivity contribution in [2.24, 2.45) is 0 Å². The molecule has 0 bridgehead atoms. The molecule has 0 aliphatic carbocycles. The number of hydrogen-bond donors (Lipinski definition) is 2. The molecule has 2 aromatic heterocycles. The maximum atomic E-state index is 11.3. The normalized spacial score (nSPS) is 24.0. The van der Waals surface area contributed by atoms with Gasteiger partial charge in [-0.05, 0) is 11.1 Å². The first-order chi connectivity index (χ1) is 11.5.